The molecule has 1 aromatic carbocycles. The third kappa shape index (κ3) is 4.38. The van der Waals surface area contributed by atoms with Gasteiger partial charge >= 0.3 is 0 Å². The zero-order valence-corrected chi connectivity index (χ0v) is 13.4. The van der Waals surface area contributed by atoms with Gasteiger partial charge in [-0.25, -0.2) is 8.42 Å². The van der Waals surface area contributed by atoms with E-state index in [0.29, 0.717) is 13.1 Å². The topological polar surface area (TPSA) is 69.6 Å². The van der Waals surface area contributed by atoms with E-state index in [4.69, 9.17) is 5.11 Å². The smallest absolute Gasteiger partial charge is 0.154 e. The Balaban J connectivity index is 2.67. The Morgan fingerprint density at radius 2 is 1.80 bits per heavy atom. The molecule has 0 aliphatic rings. The largest absolute Gasteiger partial charge is 0.395 e. The van der Waals surface area contributed by atoms with Crippen LogP contribution in [0.25, 0.3) is 0 Å². The summed E-state index contributed by atoms with van der Waals surface area (Å²) in [7, 11) is -1.19. The number of benzene rings is 1. The standard InChI is InChI=1S/C14H24N2O3S/c1-14(2,20(4,18)19)11-15-12-5-7-13(8-6-12)16(3)9-10-17/h5-8,15,17H,9-11H2,1-4H3. The van der Waals surface area contributed by atoms with Crippen molar-refractivity contribution in [2.24, 2.45) is 0 Å². The molecule has 0 aromatic heterocycles. The summed E-state index contributed by atoms with van der Waals surface area (Å²) < 4.78 is 22.4. The fraction of sp³-hybridized carbons (Fsp3) is 0.571. The van der Waals surface area contributed by atoms with Crippen molar-refractivity contribution in [3.63, 3.8) is 0 Å². The second-order valence-electron chi connectivity index (χ2n) is 5.58. The van der Waals surface area contributed by atoms with Gasteiger partial charge in [-0.15, -0.1) is 0 Å². The van der Waals surface area contributed by atoms with Gasteiger partial charge in [-0.2, -0.15) is 0 Å². The van der Waals surface area contributed by atoms with E-state index in [-0.39, 0.29) is 6.61 Å². The van der Waals surface area contributed by atoms with Crippen LogP contribution in [0.3, 0.4) is 0 Å². The Morgan fingerprint density at radius 3 is 2.25 bits per heavy atom. The molecule has 1 aromatic rings. The Hall–Kier alpha value is -1.27. The highest BCUT2D eigenvalue weighted by molar-refractivity contribution is 7.92. The van der Waals surface area contributed by atoms with Crippen LogP contribution in [0.1, 0.15) is 13.8 Å². The highest BCUT2D eigenvalue weighted by Crippen LogP contribution is 2.19. The molecule has 0 aliphatic carbocycles. The molecule has 0 fully saturated rings. The summed E-state index contributed by atoms with van der Waals surface area (Å²) in [6, 6.07) is 7.68. The van der Waals surface area contributed by atoms with E-state index in [1.165, 1.54) is 6.26 Å². The summed E-state index contributed by atoms with van der Waals surface area (Å²) in [6.07, 6.45) is 1.25. The first-order valence-electron chi connectivity index (χ1n) is 6.53. The molecule has 20 heavy (non-hydrogen) atoms. The van der Waals surface area contributed by atoms with Crippen LogP contribution < -0.4 is 10.2 Å². The number of aliphatic hydroxyl groups excluding tert-OH is 1. The normalized spacial score (nSPS) is 12.2. The molecule has 0 radical (unpaired) electrons. The van der Waals surface area contributed by atoms with Gasteiger partial charge in [-0.1, -0.05) is 0 Å². The monoisotopic (exact) mass is 300 g/mol. The fourth-order valence-electron chi connectivity index (χ4n) is 1.56. The van der Waals surface area contributed by atoms with Crippen molar-refractivity contribution in [2.45, 2.75) is 18.6 Å². The van der Waals surface area contributed by atoms with Crippen LogP contribution in [0.4, 0.5) is 11.4 Å². The van der Waals surface area contributed by atoms with Gasteiger partial charge in [-0.05, 0) is 38.1 Å². The zero-order chi connectivity index (χ0) is 15.4. The van der Waals surface area contributed by atoms with E-state index >= 15 is 0 Å². The molecule has 0 heterocycles. The lowest BCUT2D eigenvalue weighted by molar-refractivity contribution is 0.304. The summed E-state index contributed by atoms with van der Waals surface area (Å²) in [5.74, 6) is 0. The van der Waals surface area contributed by atoms with Gasteiger partial charge in [0.2, 0.25) is 0 Å². The molecular weight excluding hydrogens is 276 g/mol. The third-order valence-corrected chi connectivity index (χ3v) is 5.62. The highest BCUT2D eigenvalue weighted by atomic mass is 32.2. The second-order valence-corrected chi connectivity index (χ2v) is 8.23. The summed E-state index contributed by atoms with van der Waals surface area (Å²) in [4.78, 5) is 1.95. The van der Waals surface area contributed by atoms with Crippen molar-refractivity contribution >= 4 is 21.2 Å². The van der Waals surface area contributed by atoms with Crippen LogP contribution in [0.15, 0.2) is 24.3 Å². The number of likely N-dealkylation sites (N-methyl/N-ethyl adjacent to an activating group) is 1. The molecular formula is C14H24N2O3S. The highest BCUT2D eigenvalue weighted by Gasteiger charge is 2.29. The zero-order valence-electron chi connectivity index (χ0n) is 12.5. The number of hydrogen-bond donors (Lipinski definition) is 2. The van der Waals surface area contributed by atoms with Gasteiger partial charge in [0.15, 0.2) is 9.84 Å². The van der Waals surface area contributed by atoms with E-state index in [1.807, 2.05) is 36.2 Å². The Morgan fingerprint density at radius 1 is 1.25 bits per heavy atom. The first-order valence-corrected chi connectivity index (χ1v) is 8.42. The van der Waals surface area contributed by atoms with Crippen molar-refractivity contribution in [3.8, 4) is 0 Å². The molecule has 0 saturated heterocycles. The molecule has 6 heteroatoms. The lowest BCUT2D eigenvalue weighted by atomic mass is 10.2. The maximum absolute atomic E-state index is 11.6. The van der Waals surface area contributed by atoms with Crippen LogP contribution in [-0.2, 0) is 9.84 Å². The number of rotatable bonds is 7. The van der Waals surface area contributed by atoms with Crippen LogP contribution >= 0.6 is 0 Å². The van der Waals surface area contributed by atoms with Crippen molar-refractivity contribution in [3.05, 3.63) is 24.3 Å². The van der Waals surface area contributed by atoms with Gasteiger partial charge < -0.3 is 15.3 Å². The van der Waals surface area contributed by atoms with Gasteiger partial charge in [0, 0.05) is 37.8 Å². The predicted octanol–water partition coefficient (Wildman–Crippen LogP) is 1.35. The first kappa shape index (κ1) is 16.8. The first-order chi connectivity index (χ1) is 9.17. The molecule has 5 nitrogen and oxygen atoms in total. The lowest BCUT2D eigenvalue weighted by Crippen LogP contribution is -2.38. The molecule has 0 amide bonds. The second kappa shape index (κ2) is 6.45. The Bertz CT molecular complexity index is 524. The van der Waals surface area contributed by atoms with Crippen molar-refractivity contribution in [1.82, 2.24) is 0 Å². The molecule has 0 saturated carbocycles. The molecule has 0 bridgehead atoms. The molecule has 0 aliphatic heterocycles. The number of anilines is 2. The number of hydrogen-bond acceptors (Lipinski definition) is 5. The van der Waals surface area contributed by atoms with Crippen molar-refractivity contribution < 1.29 is 13.5 Å². The van der Waals surface area contributed by atoms with Gasteiger partial charge in [0.1, 0.15) is 0 Å². The van der Waals surface area contributed by atoms with Crippen LogP contribution in [0.5, 0.6) is 0 Å². The maximum atomic E-state index is 11.6. The van der Waals surface area contributed by atoms with Crippen molar-refractivity contribution in [1.29, 1.82) is 0 Å². The average Bonchev–Trinajstić information content (AvgIpc) is 2.36. The minimum absolute atomic E-state index is 0.110. The molecule has 2 N–H and O–H groups in total. The third-order valence-electron chi connectivity index (χ3n) is 3.47. The van der Waals surface area contributed by atoms with E-state index < -0.39 is 14.6 Å². The van der Waals surface area contributed by atoms with Crippen LogP contribution in [0.2, 0.25) is 0 Å². The summed E-state index contributed by atoms with van der Waals surface area (Å²) in [6.45, 7) is 4.46. The Kier molecular flexibility index (Phi) is 5.42. The van der Waals surface area contributed by atoms with E-state index in [1.54, 1.807) is 13.8 Å². The molecule has 0 atom stereocenters. The molecule has 1 rings (SSSR count). The Labute approximate surface area is 121 Å². The summed E-state index contributed by atoms with van der Waals surface area (Å²) in [5, 5.41) is 12.0. The maximum Gasteiger partial charge on any atom is 0.154 e. The minimum Gasteiger partial charge on any atom is -0.395 e. The van der Waals surface area contributed by atoms with Gasteiger partial charge in [0.05, 0.1) is 11.4 Å². The van der Waals surface area contributed by atoms with Crippen molar-refractivity contribution in [2.75, 3.05) is 43.2 Å². The molecule has 114 valence electrons. The molecule has 0 spiro atoms. The van der Waals surface area contributed by atoms with Crippen LogP contribution in [0, 0.1) is 0 Å². The number of sulfone groups is 1. The average molecular weight is 300 g/mol. The van der Waals surface area contributed by atoms with Gasteiger partial charge in [0.25, 0.3) is 0 Å². The van der Waals surface area contributed by atoms with E-state index in [9.17, 15) is 8.42 Å². The summed E-state index contributed by atoms with van der Waals surface area (Å²) in [5.41, 5.74) is 1.88. The fourth-order valence-corrected chi connectivity index (χ4v) is 1.89. The van der Waals surface area contributed by atoms with Gasteiger partial charge in [-0.3, -0.25) is 0 Å². The van der Waals surface area contributed by atoms with E-state index in [0.717, 1.165) is 11.4 Å². The quantitative estimate of drug-likeness (QED) is 0.795. The number of aliphatic hydroxyl groups is 1. The summed E-state index contributed by atoms with van der Waals surface area (Å²) >= 11 is 0. The SMILES string of the molecule is CN(CCO)c1ccc(NCC(C)(C)S(C)(=O)=O)cc1. The molecule has 0 unspecified atom stereocenters. The van der Waals surface area contributed by atoms with E-state index in [2.05, 4.69) is 5.32 Å². The van der Waals surface area contributed by atoms with Crippen LogP contribution in [-0.4, -0.2) is 51.3 Å². The minimum atomic E-state index is -3.10. The predicted molar refractivity (Wildman–Crippen MR) is 84.2 cm³/mol. The lowest BCUT2D eigenvalue weighted by Gasteiger charge is -2.24. The number of nitrogens with zero attached hydrogens (tertiary/aromatic N) is 1. The number of nitrogens with one attached hydrogen (secondary N) is 1.